The summed E-state index contributed by atoms with van der Waals surface area (Å²) >= 11 is 0. The van der Waals surface area contributed by atoms with Crippen LogP contribution in [0.3, 0.4) is 0 Å². The number of esters is 5. The fourth-order valence-electron chi connectivity index (χ4n) is 9.86. The molecule has 0 aliphatic heterocycles. The average molecular weight is 1630 g/mol. The summed E-state index contributed by atoms with van der Waals surface area (Å²) < 4.78 is 42.7. The van der Waals surface area contributed by atoms with Crippen LogP contribution in [0.1, 0.15) is 155 Å². The molecule has 119 heavy (non-hydrogen) atoms. The second kappa shape index (κ2) is 58.8. The van der Waals surface area contributed by atoms with Crippen molar-refractivity contribution >= 4 is 82.7 Å². The number of nitrogens with two attached hydrogens (primary N) is 2. The average Bonchev–Trinajstić information content (AvgIpc) is 0.860. The molecule has 0 aliphatic carbocycles. The molecule has 0 fully saturated rings. The van der Waals surface area contributed by atoms with Crippen molar-refractivity contribution in [3.05, 3.63) is 295 Å². The predicted octanol–water partition coefficient (Wildman–Crippen LogP) is 16.5. The van der Waals surface area contributed by atoms with Gasteiger partial charge in [0.05, 0.1) is 62.5 Å². The number of unbranched alkanes of at least 4 members (excludes halogenated alkanes) is 3. The summed E-state index contributed by atoms with van der Waals surface area (Å²) in [5, 5.41) is 54.0. The van der Waals surface area contributed by atoms with Gasteiger partial charge in [0, 0.05) is 48.4 Å². The number of nitrogens with zero attached hydrogens (tertiary/aromatic N) is 4. The minimum Gasteiger partial charge on any atom is -0.508 e. The maximum absolute atomic E-state index is 12.5. The van der Waals surface area contributed by atoms with Gasteiger partial charge >= 0.3 is 35.8 Å². The summed E-state index contributed by atoms with van der Waals surface area (Å²) in [5.74, 6) is 8.37. The standard InChI is InChI=1S/C50H52N2O10.C18H20N2O2.C16H18O5.C9H10O2.H4N2.H2O/c1-5-45(39-19-27-43(28-20-39)61-49(55)31-17-37-13-23-41(24-14-37)57-33-9-11-35-59-47(53)7-3)51-52-46(6-2)40-21-29-44(30-22-40)62-50(56)32-18-38-15-25-42(26-16-38)58-34-10-12-36-60-48(54)8-4;1-3-17(13-5-9-15(21)10-6-13)19-20-18(4-2)14-7-11-16(22)12-8-14;1-2-16(19)21-12-4-3-11-20-14-8-5-13(6-9-14)7-10-15(17)18;1-2-9(11)7-3-5-8(10)6-4-7;1-2;/h7-8,13-32H,3-6,9-12,33-36H2,1-2H3;5-12,21-22H,3-4H2,1-2H3;2,5-10H,1,3-4,11-12H2,(H,17,18);3-6,10H,2H2,1H3;1-2H2;1H2/b31-17+,32-18+,51-45+,52-46+;19-17+,20-18+;10-7+;;;. The molecule has 8 aromatic rings. The topological polar surface area (TPSA) is 407 Å². The molecule has 0 radical (unpaired) electrons. The van der Waals surface area contributed by atoms with Crippen LogP contribution in [-0.4, -0.2) is 130 Å². The number of hydrogen-bond acceptors (Lipinski definition) is 24. The van der Waals surface area contributed by atoms with Crippen LogP contribution in [0.4, 0.5) is 0 Å². The van der Waals surface area contributed by atoms with Crippen LogP contribution < -0.4 is 35.4 Å². The Labute approximate surface area is 694 Å². The number of phenols is 3. The molecule has 26 heteroatoms. The first-order valence-corrected chi connectivity index (χ1v) is 38.2. The van der Waals surface area contributed by atoms with Crippen LogP contribution >= 0.6 is 0 Å². The Morgan fingerprint density at radius 2 is 0.555 bits per heavy atom. The van der Waals surface area contributed by atoms with Crippen LogP contribution in [0, 0.1) is 0 Å². The number of rotatable bonds is 41. The smallest absolute Gasteiger partial charge is 0.336 e. The number of Topliss-reactive ketones (excluding diaryl/α,β-unsaturated/α-hetero) is 1. The summed E-state index contributed by atoms with van der Waals surface area (Å²) in [5.41, 5.74) is 9.91. The monoisotopic (exact) mass is 1630 g/mol. The Morgan fingerprint density at radius 3 is 0.798 bits per heavy atom. The molecule has 8 rings (SSSR count). The molecule has 0 heterocycles. The molecule has 0 saturated carbocycles. The van der Waals surface area contributed by atoms with Crippen molar-refractivity contribution in [2.75, 3.05) is 39.6 Å². The Morgan fingerprint density at radius 1 is 0.319 bits per heavy atom. The van der Waals surface area contributed by atoms with Gasteiger partial charge in [-0.1, -0.05) is 90.8 Å². The molecule has 0 aliphatic rings. The third kappa shape index (κ3) is 41.3. The Kier molecular flexibility index (Phi) is 49.1. The lowest BCUT2D eigenvalue weighted by Crippen LogP contribution is -2.05. The van der Waals surface area contributed by atoms with Gasteiger partial charge in [0.15, 0.2) is 5.78 Å². The molecule has 26 nitrogen and oxygen atoms in total. The Hall–Kier alpha value is -14.0. The molecule has 8 aromatic carbocycles. The summed E-state index contributed by atoms with van der Waals surface area (Å²) in [6.45, 7) is 22.4. The highest BCUT2D eigenvalue weighted by atomic mass is 16.6. The highest BCUT2D eigenvalue weighted by Crippen LogP contribution is 2.22. The highest BCUT2D eigenvalue weighted by molar-refractivity contribution is 6.05. The van der Waals surface area contributed by atoms with Crippen LogP contribution in [0.5, 0.6) is 46.0 Å². The van der Waals surface area contributed by atoms with Gasteiger partial charge in [-0.25, -0.2) is 28.8 Å². The number of ether oxygens (including phenoxy) is 8. The van der Waals surface area contributed by atoms with E-state index in [1.165, 1.54) is 30.4 Å². The lowest BCUT2D eigenvalue weighted by molar-refractivity contribution is -0.138. The molecule has 0 amide bonds. The molecule has 0 saturated heterocycles. The number of carboxylic acids is 1. The largest absolute Gasteiger partial charge is 0.508 e. The van der Waals surface area contributed by atoms with Gasteiger partial charge in [0.25, 0.3) is 0 Å². The number of carbonyl (C=O) groups excluding carboxylic acids is 6. The number of aliphatic carboxylic acids is 1. The minimum absolute atomic E-state index is 0. The van der Waals surface area contributed by atoms with Crippen molar-refractivity contribution in [1.29, 1.82) is 0 Å². The van der Waals surface area contributed by atoms with Gasteiger partial charge in [0.1, 0.15) is 46.0 Å². The number of hydrogen-bond donors (Lipinski definition) is 6. The predicted molar refractivity (Wildman–Crippen MR) is 464 cm³/mol. The quantitative estimate of drug-likeness (QED) is 0.00238. The second-order valence-electron chi connectivity index (χ2n) is 24.7. The van der Waals surface area contributed by atoms with Crippen molar-refractivity contribution in [3.8, 4) is 46.0 Å². The number of benzene rings is 8. The van der Waals surface area contributed by atoms with E-state index in [1.807, 2.05) is 132 Å². The number of carbonyl (C=O) groups is 7. The molecular formula is C93H106N6O20. The first kappa shape index (κ1) is 99.2. The maximum atomic E-state index is 12.5. The third-order valence-electron chi connectivity index (χ3n) is 16.2. The van der Waals surface area contributed by atoms with Gasteiger partial charge in [-0.3, -0.25) is 16.5 Å². The third-order valence-corrected chi connectivity index (χ3v) is 16.2. The highest BCUT2D eigenvalue weighted by Gasteiger charge is 2.11. The number of phenolic OH excluding ortho intramolecular Hbond substituents is 3. The van der Waals surface area contributed by atoms with E-state index < -0.39 is 35.8 Å². The second-order valence-corrected chi connectivity index (χ2v) is 24.7. The van der Waals surface area contributed by atoms with Crippen LogP contribution in [0.15, 0.2) is 271 Å². The van der Waals surface area contributed by atoms with Crippen molar-refractivity contribution in [1.82, 2.24) is 0 Å². The zero-order valence-electron chi connectivity index (χ0n) is 67.7. The number of ketones is 1. The molecular weight excluding hydrogens is 1520 g/mol. The minimum atomic E-state index is -0.979. The van der Waals surface area contributed by atoms with Crippen molar-refractivity contribution in [3.63, 3.8) is 0 Å². The van der Waals surface area contributed by atoms with E-state index >= 15 is 0 Å². The van der Waals surface area contributed by atoms with Crippen molar-refractivity contribution < 1.29 is 97.4 Å². The first-order valence-electron chi connectivity index (χ1n) is 38.2. The lowest BCUT2D eigenvalue weighted by Gasteiger charge is -2.07. The Balaban J connectivity index is 0.000000515. The number of carboxylic acid groups (broad SMARTS) is 1. The number of aromatic hydroxyl groups is 3. The Bertz CT molecular complexity index is 4430. The summed E-state index contributed by atoms with van der Waals surface area (Å²) in [6.07, 6.45) is 19.6. The fraction of sp³-hybridized carbons (Fsp3) is 0.237. The van der Waals surface area contributed by atoms with Crippen LogP contribution in [0.2, 0.25) is 0 Å². The van der Waals surface area contributed by atoms with Gasteiger partial charge < -0.3 is 63.8 Å². The first-order chi connectivity index (χ1) is 57.2. The summed E-state index contributed by atoms with van der Waals surface area (Å²) in [4.78, 5) is 79.4. The van der Waals surface area contributed by atoms with Crippen molar-refractivity contribution in [2.24, 2.45) is 32.1 Å². The van der Waals surface area contributed by atoms with E-state index in [-0.39, 0.29) is 28.5 Å². The summed E-state index contributed by atoms with van der Waals surface area (Å²) in [6, 6.07) is 56.1. The van der Waals surface area contributed by atoms with E-state index in [0.717, 1.165) is 125 Å². The van der Waals surface area contributed by atoms with Gasteiger partial charge in [-0.05, 0) is 279 Å². The zero-order valence-corrected chi connectivity index (χ0v) is 67.7. The normalized spacial score (nSPS) is 11.1. The zero-order chi connectivity index (χ0) is 86.1. The maximum Gasteiger partial charge on any atom is 0.336 e. The van der Waals surface area contributed by atoms with Crippen molar-refractivity contribution in [2.45, 2.75) is 105 Å². The number of hydrazine groups is 1. The molecule has 0 bridgehead atoms. The van der Waals surface area contributed by atoms with Gasteiger partial charge in [-0.15, -0.1) is 0 Å². The fourth-order valence-corrected chi connectivity index (χ4v) is 9.86. The molecule has 0 unspecified atom stereocenters. The van der Waals surface area contributed by atoms with E-state index in [9.17, 15) is 43.8 Å². The van der Waals surface area contributed by atoms with E-state index in [0.29, 0.717) is 106 Å². The van der Waals surface area contributed by atoms with E-state index in [2.05, 4.69) is 51.8 Å². The molecule has 0 atom stereocenters. The van der Waals surface area contributed by atoms with Crippen LogP contribution in [0.25, 0.3) is 18.2 Å². The van der Waals surface area contributed by atoms with E-state index in [4.69, 9.17) is 48.1 Å². The molecule has 0 spiro atoms. The van der Waals surface area contributed by atoms with Gasteiger partial charge in [-0.2, -0.15) is 20.4 Å². The molecule has 628 valence electrons. The summed E-state index contributed by atoms with van der Waals surface area (Å²) in [7, 11) is 0. The lowest BCUT2D eigenvalue weighted by atomic mass is 10.1. The molecule has 10 N–H and O–H groups in total. The van der Waals surface area contributed by atoms with Crippen LogP contribution in [-0.2, 0) is 43.0 Å². The molecule has 0 aromatic heterocycles. The SMILES string of the molecule is C=CC(=O)OCCCCOc1ccc(/C=C/C(=O)O)cc1.C=CC(=O)OCCCCOc1ccc(/C=C/C(=O)Oc2ccc(/C(CC)=N/N=C(\CC)c3ccc(OC(=O)/C=C/c4ccc(OCCCCOC(=O)C=C)cc4)cc3)cc2)cc1.CC/C(=N\N=C(/CC)c1ccc(O)cc1)c1ccc(O)cc1.CCC(=O)c1ccc(O)cc1.NN.O. The van der Waals surface area contributed by atoms with Gasteiger partial charge in [0.2, 0.25) is 0 Å². The van der Waals surface area contributed by atoms with E-state index in [1.54, 1.807) is 97.1 Å².